The van der Waals surface area contributed by atoms with Crippen LogP contribution < -0.4 is 10.6 Å². The molecule has 0 aromatic heterocycles. The van der Waals surface area contributed by atoms with Gasteiger partial charge in [0, 0.05) is 17.8 Å². The fraction of sp³-hybridized carbons (Fsp3) is 0.125. The van der Waals surface area contributed by atoms with Crippen LogP contribution >= 0.6 is 0 Å². The average molecular weight is 284 g/mol. The molecule has 0 fully saturated rings. The standard InChI is InChI=1S/C16H13FN2O2/c17-10-5-7-11(8-6-10)18-16(21)13-9-15(20)19-14-4-2-1-3-12(13)14/h1-8,13H,9H2,(H,18,21)(H,19,20)/t13-/m0/s1. The van der Waals surface area contributed by atoms with Crippen molar-refractivity contribution >= 4 is 23.2 Å². The molecule has 0 unspecified atom stereocenters. The number of hydrogen-bond acceptors (Lipinski definition) is 2. The van der Waals surface area contributed by atoms with Gasteiger partial charge in [0.2, 0.25) is 11.8 Å². The maximum Gasteiger partial charge on any atom is 0.232 e. The Bertz CT molecular complexity index is 698. The van der Waals surface area contributed by atoms with Gasteiger partial charge in [0.1, 0.15) is 5.82 Å². The molecule has 1 aliphatic heterocycles. The van der Waals surface area contributed by atoms with Crippen LogP contribution in [0, 0.1) is 5.82 Å². The van der Waals surface area contributed by atoms with E-state index >= 15 is 0 Å². The topological polar surface area (TPSA) is 58.2 Å². The summed E-state index contributed by atoms with van der Waals surface area (Å²) >= 11 is 0. The molecule has 2 aromatic carbocycles. The Hall–Kier alpha value is -2.69. The molecule has 3 rings (SSSR count). The first-order valence-corrected chi connectivity index (χ1v) is 6.59. The van der Waals surface area contributed by atoms with Gasteiger partial charge in [-0.25, -0.2) is 4.39 Å². The second-order valence-electron chi connectivity index (χ2n) is 4.89. The maximum absolute atomic E-state index is 12.9. The van der Waals surface area contributed by atoms with Gasteiger partial charge in [0.05, 0.1) is 5.92 Å². The van der Waals surface area contributed by atoms with E-state index in [4.69, 9.17) is 0 Å². The first-order valence-electron chi connectivity index (χ1n) is 6.59. The first kappa shape index (κ1) is 13.3. The number of carbonyl (C=O) groups excluding carboxylic acids is 2. The number of amides is 2. The fourth-order valence-electron chi connectivity index (χ4n) is 2.41. The molecule has 2 amide bonds. The van der Waals surface area contributed by atoms with Crippen LogP contribution in [0.15, 0.2) is 48.5 Å². The Labute approximate surface area is 121 Å². The number of carbonyl (C=O) groups is 2. The van der Waals surface area contributed by atoms with E-state index in [1.54, 1.807) is 12.1 Å². The first-order chi connectivity index (χ1) is 10.1. The number of anilines is 2. The predicted octanol–water partition coefficient (Wildman–Crippen LogP) is 2.89. The van der Waals surface area contributed by atoms with Crippen molar-refractivity contribution in [3.05, 3.63) is 59.9 Å². The lowest BCUT2D eigenvalue weighted by atomic mass is 9.90. The summed E-state index contributed by atoms with van der Waals surface area (Å²) in [6.45, 7) is 0. The van der Waals surface area contributed by atoms with Crippen molar-refractivity contribution in [2.45, 2.75) is 12.3 Å². The average Bonchev–Trinajstić information content (AvgIpc) is 2.48. The summed E-state index contributed by atoms with van der Waals surface area (Å²) in [4.78, 5) is 24.1. The van der Waals surface area contributed by atoms with Gasteiger partial charge in [-0.15, -0.1) is 0 Å². The van der Waals surface area contributed by atoms with E-state index in [1.807, 2.05) is 12.1 Å². The molecule has 106 valence electrons. The molecule has 1 heterocycles. The van der Waals surface area contributed by atoms with Crippen molar-refractivity contribution < 1.29 is 14.0 Å². The Balaban J connectivity index is 1.84. The van der Waals surface area contributed by atoms with Crippen LogP contribution in [-0.4, -0.2) is 11.8 Å². The third kappa shape index (κ3) is 2.76. The number of fused-ring (bicyclic) bond motifs is 1. The van der Waals surface area contributed by atoms with E-state index in [0.29, 0.717) is 11.4 Å². The second kappa shape index (κ2) is 5.36. The molecule has 0 aliphatic carbocycles. The van der Waals surface area contributed by atoms with Crippen LogP contribution in [0.3, 0.4) is 0 Å². The van der Waals surface area contributed by atoms with Gasteiger partial charge in [-0.2, -0.15) is 0 Å². The van der Waals surface area contributed by atoms with E-state index in [9.17, 15) is 14.0 Å². The molecule has 1 atom stereocenters. The Morgan fingerprint density at radius 3 is 2.62 bits per heavy atom. The van der Waals surface area contributed by atoms with Crippen molar-refractivity contribution in [2.24, 2.45) is 0 Å². The van der Waals surface area contributed by atoms with Crippen LogP contribution in [0.2, 0.25) is 0 Å². The highest BCUT2D eigenvalue weighted by Crippen LogP contribution is 2.32. The molecule has 5 heteroatoms. The van der Waals surface area contributed by atoms with Crippen LogP contribution in [0.5, 0.6) is 0 Å². The Morgan fingerprint density at radius 2 is 1.86 bits per heavy atom. The highest BCUT2D eigenvalue weighted by molar-refractivity contribution is 6.05. The summed E-state index contributed by atoms with van der Waals surface area (Å²) in [6.07, 6.45) is 0.101. The van der Waals surface area contributed by atoms with Gasteiger partial charge >= 0.3 is 0 Å². The van der Waals surface area contributed by atoms with Crippen molar-refractivity contribution in [3.8, 4) is 0 Å². The molecular formula is C16H13FN2O2. The SMILES string of the molecule is O=C1C[C@H](C(=O)Nc2ccc(F)cc2)c2ccccc2N1. The summed E-state index contributed by atoms with van der Waals surface area (Å²) in [5.41, 5.74) is 1.95. The van der Waals surface area contributed by atoms with E-state index in [1.165, 1.54) is 24.3 Å². The van der Waals surface area contributed by atoms with Gasteiger partial charge in [-0.05, 0) is 35.9 Å². The van der Waals surface area contributed by atoms with Crippen molar-refractivity contribution in [2.75, 3.05) is 10.6 Å². The molecule has 0 spiro atoms. The van der Waals surface area contributed by atoms with Crippen LogP contribution in [0.1, 0.15) is 17.9 Å². The third-order valence-electron chi connectivity index (χ3n) is 3.43. The van der Waals surface area contributed by atoms with E-state index in [0.717, 1.165) is 5.56 Å². The maximum atomic E-state index is 12.9. The zero-order valence-electron chi connectivity index (χ0n) is 11.1. The minimum atomic E-state index is -0.542. The molecule has 0 saturated heterocycles. The van der Waals surface area contributed by atoms with E-state index in [-0.39, 0.29) is 24.1 Å². The molecule has 2 aromatic rings. The van der Waals surface area contributed by atoms with Crippen LogP contribution in [0.4, 0.5) is 15.8 Å². The monoisotopic (exact) mass is 284 g/mol. The lowest BCUT2D eigenvalue weighted by molar-refractivity contribution is -0.123. The molecule has 21 heavy (non-hydrogen) atoms. The molecular weight excluding hydrogens is 271 g/mol. The zero-order chi connectivity index (χ0) is 14.8. The number of rotatable bonds is 2. The van der Waals surface area contributed by atoms with Gasteiger partial charge in [0.15, 0.2) is 0 Å². The Morgan fingerprint density at radius 1 is 1.14 bits per heavy atom. The predicted molar refractivity (Wildman–Crippen MR) is 77.5 cm³/mol. The van der Waals surface area contributed by atoms with E-state index in [2.05, 4.69) is 10.6 Å². The minimum absolute atomic E-state index is 0.101. The molecule has 1 aliphatic rings. The summed E-state index contributed by atoms with van der Waals surface area (Å²) < 4.78 is 12.9. The number of nitrogens with one attached hydrogen (secondary N) is 2. The molecule has 2 N–H and O–H groups in total. The number of hydrogen-bond donors (Lipinski definition) is 2. The van der Waals surface area contributed by atoms with Gasteiger partial charge in [0.25, 0.3) is 0 Å². The zero-order valence-corrected chi connectivity index (χ0v) is 11.1. The molecule has 0 radical (unpaired) electrons. The molecule has 0 bridgehead atoms. The smallest absolute Gasteiger partial charge is 0.232 e. The number of benzene rings is 2. The number of halogens is 1. The lowest BCUT2D eigenvalue weighted by Crippen LogP contribution is -2.30. The number of para-hydroxylation sites is 1. The summed E-state index contributed by atoms with van der Waals surface area (Å²) in [7, 11) is 0. The summed E-state index contributed by atoms with van der Waals surface area (Å²) in [5.74, 6) is -1.37. The van der Waals surface area contributed by atoms with Crippen LogP contribution in [-0.2, 0) is 9.59 Å². The van der Waals surface area contributed by atoms with Crippen molar-refractivity contribution in [3.63, 3.8) is 0 Å². The highest BCUT2D eigenvalue weighted by atomic mass is 19.1. The van der Waals surface area contributed by atoms with E-state index < -0.39 is 5.92 Å². The fourth-order valence-corrected chi connectivity index (χ4v) is 2.41. The second-order valence-corrected chi connectivity index (χ2v) is 4.89. The third-order valence-corrected chi connectivity index (χ3v) is 3.43. The van der Waals surface area contributed by atoms with Crippen LogP contribution in [0.25, 0.3) is 0 Å². The van der Waals surface area contributed by atoms with Gasteiger partial charge in [-0.3, -0.25) is 9.59 Å². The molecule has 4 nitrogen and oxygen atoms in total. The highest BCUT2D eigenvalue weighted by Gasteiger charge is 2.30. The minimum Gasteiger partial charge on any atom is -0.326 e. The van der Waals surface area contributed by atoms with Gasteiger partial charge < -0.3 is 10.6 Å². The molecule has 0 saturated carbocycles. The van der Waals surface area contributed by atoms with Crippen molar-refractivity contribution in [1.82, 2.24) is 0 Å². The normalized spacial score (nSPS) is 16.8. The Kier molecular flexibility index (Phi) is 3.39. The van der Waals surface area contributed by atoms with Gasteiger partial charge in [-0.1, -0.05) is 18.2 Å². The van der Waals surface area contributed by atoms with Crippen molar-refractivity contribution in [1.29, 1.82) is 0 Å². The summed E-state index contributed by atoms with van der Waals surface area (Å²) in [5, 5.41) is 5.46. The quantitative estimate of drug-likeness (QED) is 0.891. The largest absolute Gasteiger partial charge is 0.326 e. The lowest BCUT2D eigenvalue weighted by Gasteiger charge is -2.24. The summed E-state index contributed by atoms with van der Waals surface area (Å²) in [6, 6.07) is 12.8.